The summed E-state index contributed by atoms with van der Waals surface area (Å²) in [5.41, 5.74) is 0.510. The predicted molar refractivity (Wildman–Crippen MR) is 165 cm³/mol. The summed E-state index contributed by atoms with van der Waals surface area (Å²) in [6.45, 7) is 5.07. The van der Waals surface area contributed by atoms with Crippen LogP contribution in [-0.2, 0) is 26.2 Å². The lowest BCUT2D eigenvalue weighted by Gasteiger charge is -2.33. The van der Waals surface area contributed by atoms with Crippen LogP contribution in [-0.4, -0.2) is 58.5 Å². The monoisotopic (exact) mass is 635 g/mol. The molecule has 0 saturated carbocycles. The first kappa shape index (κ1) is 33.0. The van der Waals surface area contributed by atoms with Crippen LogP contribution in [0.3, 0.4) is 0 Å². The second kappa shape index (κ2) is 14.6. The summed E-state index contributed by atoms with van der Waals surface area (Å²) in [5, 5.41) is 3.45. The fourth-order valence-electron chi connectivity index (χ4n) is 4.11. The topological polar surface area (TPSA) is 105 Å². The highest BCUT2D eigenvalue weighted by Gasteiger charge is 2.34. The fraction of sp³-hybridized carbons (Fsp3) is 0.333. The summed E-state index contributed by atoms with van der Waals surface area (Å²) in [6, 6.07) is 16.3. The third-order valence-electron chi connectivity index (χ3n) is 6.51. The van der Waals surface area contributed by atoms with Crippen molar-refractivity contribution >= 4 is 50.7 Å². The van der Waals surface area contributed by atoms with Gasteiger partial charge in [0.05, 0.1) is 24.8 Å². The molecule has 0 aromatic heterocycles. The highest BCUT2D eigenvalue weighted by molar-refractivity contribution is 7.92. The molecular weight excluding hydrogens is 601 g/mol. The lowest BCUT2D eigenvalue weighted by Crippen LogP contribution is -2.51. The van der Waals surface area contributed by atoms with Crippen LogP contribution in [0.5, 0.6) is 11.5 Å². The smallest absolute Gasteiger partial charge is 0.264 e. The Morgan fingerprint density at radius 2 is 1.55 bits per heavy atom. The SMILES string of the molecule is COc1ccc(OC)c(N(CC(=O)N(Cc2c(Cl)cccc2Cl)[C@H](C)C(=O)NCC(C)C)S(=O)(=O)c2ccccc2)c1. The third-order valence-corrected chi connectivity index (χ3v) is 8.99. The molecular formula is C30H35Cl2N3O6S. The van der Waals surface area contributed by atoms with Crippen molar-refractivity contribution < 1.29 is 27.5 Å². The number of hydrogen-bond donors (Lipinski definition) is 1. The van der Waals surface area contributed by atoms with Gasteiger partial charge in [0, 0.05) is 34.8 Å². The quantitative estimate of drug-likeness (QED) is 0.270. The molecule has 0 aliphatic carbocycles. The average Bonchev–Trinajstić information content (AvgIpc) is 2.98. The molecule has 12 heteroatoms. The molecule has 0 spiro atoms. The zero-order chi connectivity index (χ0) is 31.0. The first-order chi connectivity index (χ1) is 19.9. The van der Waals surface area contributed by atoms with Gasteiger partial charge in [0.15, 0.2) is 0 Å². The Balaban J connectivity index is 2.13. The lowest BCUT2D eigenvalue weighted by molar-refractivity contribution is -0.139. The van der Waals surface area contributed by atoms with Crippen LogP contribution in [0, 0.1) is 5.92 Å². The maximum Gasteiger partial charge on any atom is 0.264 e. The molecule has 3 aromatic rings. The summed E-state index contributed by atoms with van der Waals surface area (Å²) in [5.74, 6) is -0.339. The van der Waals surface area contributed by atoms with Crippen LogP contribution in [0.25, 0.3) is 0 Å². The zero-order valence-corrected chi connectivity index (χ0v) is 26.5. The van der Waals surface area contributed by atoms with Crippen LogP contribution in [0.2, 0.25) is 10.0 Å². The van der Waals surface area contributed by atoms with Gasteiger partial charge in [0.2, 0.25) is 11.8 Å². The molecule has 3 aromatic carbocycles. The molecule has 42 heavy (non-hydrogen) atoms. The molecule has 0 aliphatic heterocycles. The molecule has 1 N–H and O–H groups in total. The predicted octanol–water partition coefficient (Wildman–Crippen LogP) is 5.40. The van der Waals surface area contributed by atoms with E-state index < -0.39 is 34.4 Å². The number of nitrogens with one attached hydrogen (secondary N) is 1. The first-order valence-electron chi connectivity index (χ1n) is 13.2. The Labute approximate surface area is 257 Å². The van der Waals surface area contributed by atoms with E-state index in [0.29, 0.717) is 27.9 Å². The van der Waals surface area contributed by atoms with E-state index in [4.69, 9.17) is 32.7 Å². The number of rotatable bonds is 13. The largest absolute Gasteiger partial charge is 0.497 e. The summed E-state index contributed by atoms with van der Waals surface area (Å²) >= 11 is 12.9. The molecule has 0 bridgehead atoms. The number of sulfonamides is 1. The van der Waals surface area contributed by atoms with E-state index in [9.17, 15) is 18.0 Å². The number of carbonyl (C=O) groups excluding carboxylic acids is 2. The van der Waals surface area contributed by atoms with Crippen molar-refractivity contribution in [3.05, 3.63) is 82.3 Å². The van der Waals surface area contributed by atoms with Gasteiger partial charge in [-0.05, 0) is 49.2 Å². The van der Waals surface area contributed by atoms with E-state index in [1.165, 1.54) is 37.3 Å². The summed E-state index contributed by atoms with van der Waals surface area (Å²) in [6.07, 6.45) is 0. The molecule has 3 rings (SSSR count). The maximum atomic E-state index is 14.2. The van der Waals surface area contributed by atoms with E-state index >= 15 is 0 Å². The molecule has 9 nitrogen and oxygen atoms in total. The van der Waals surface area contributed by atoms with Gasteiger partial charge >= 0.3 is 0 Å². The van der Waals surface area contributed by atoms with E-state index in [2.05, 4.69) is 5.32 Å². The van der Waals surface area contributed by atoms with E-state index in [1.807, 2.05) is 13.8 Å². The number of anilines is 1. The van der Waals surface area contributed by atoms with Gasteiger partial charge in [0.1, 0.15) is 24.1 Å². The highest BCUT2D eigenvalue weighted by Crippen LogP contribution is 2.36. The highest BCUT2D eigenvalue weighted by atomic mass is 35.5. The Bertz CT molecular complexity index is 1480. The van der Waals surface area contributed by atoms with E-state index in [-0.39, 0.29) is 28.8 Å². The zero-order valence-electron chi connectivity index (χ0n) is 24.1. The average molecular weight is 637 g/mol. The Morgan fingerprint density at radius 1 is 0.905 bits per heavy atom. The Hall–Kier alpha value is -3.47. The number of halogens is 2. The number of methoxy groups -OCH3 is 2. The lowest BCUT2D eigenvalue weighted by atomic mass is 10.1. The van der Waals surface area contributed by atoms with E-state index in [0.717, 1.165) is 4.31 Å². The van der Waals surface area contributed by atoms with Crippen LogP contribution >= 0.6 is 23.2 Å². The van der Waals surface area contributed by atoms with Gasteiger partial charge in [-0.15, -0.1) is 0 Å². The molecule has 226 valence electrons. The number of carbonyl (C=O) groups is 2. The van der Waals surface area contributed by atoms with Crippen LogP contribution in [0.1, 0.15) is 26.3 Å². The first-order valence-corrected chi connectivity index (χ1v) is 15.4. The van der Waals surface area contributed by atoms with Gasteiger partial charge < -0.3 is 19.7 Å². The Morgan fingerprint density at radius 3 is 2.12 bits per heavy atom. The Kier molecular flexibility index (Phi) is 11.5. The van der Waals surface area contributed by atoms with Crippen LogP contribution in [0.15, 0.2) is 71.6 Å². The van der Waals surface area contributed by atoms with Crippen molar-refractivity contribution in [2.75, 3.05) is 31.6 Å². The van der Waals surface area contributed by atoms with Crippen LogP contribution in [0.4, 0.5) is 5.69 Å². The minimum atomic E-state index is -4.30. The summed E-state index contributed by atoms with van der Waals surface area (Å²) < 4.78 is 39.9. The van der Waals surface area contributed by atoms with Crippen molar-refractivity contribution in [3.63, 3.8) is 0 Å². The van der Waals surface area contributed by atoms with E-state index in [1.54, 1.807) is 55.5 Å². The van der Waals surface area contributed by atoms with Crippen molar-refractivity contribution in [1.29, 1.82) is 0 Å². The minimum Gasteiger partial charge on any atom is -0.497 e. The van der Waals surface area contributed by atoms with Gasteiger partial charge in [0.25, 0.3) is 10.0 Å². The fourth-order valence-corrected chi connectivity index (χ4v) is 6.07. The van der Waals surface area contributed by atoms with Crippen molar-refractivity contribution in [3.8, 4) is 11.5 Å². The standard InChI is InChI=1S/C30H35Cl2N3O6S/c1-20(2)17-33-30(37)21(3)34(18-24-25(31)12-9-13-26(24)32)29(36)19-35(42(38,39)23-10-7-6-8-11-23)27-16-22(40-4)14-15-28(27)41-5/h6-16,20-21H,17-19H2,1-5H3,(H,33,37)/t21-/m1/s1. The molecule has 0 unspecified atom stereocenters. The van der Waals surface area contributed by atoms with Crippen LogP contribution < -0.4 is 19.1 Å². The van der Waals surface area contributed by atoms with Crippen molar-refractivity contribution in [2.24, 2.45) is 5.92 Å². The number of hydrogen-bond acceptors (Lipinski definition) is 6. The second-order valence-electron chi connectivity index (χ2n) is 9.90. The normalized spacial score (nSPS) is 12.0. The minimum absolute atomic E-state index is 0.0360. The third kappa shape index (κ3) is 7.87. The molecule has 2 amide bonds. The molecule has 0 saturated heterocycles. The van der Waals surface area contributed by atoms with Gasteiger partial charge in [-0.2, -0.15) is 0 Å². The van der Waals surface area contributed by atoms with Crippen molar-refractivity contribution in [1.82, 2.24) is 10.2 Å². The number of amides is 2. The summed E-state index contributed by atoms with van der Waals surface area (Å²) in [4.78, 5) is 28.6. The van der Waals surface area contributed by atoms with Crippen molar-refractivity contribution in [2.45, 2.75) is 38.3 Å². The molecule has 0 radical (unpaired) electrons. The number of ether oxygens (including phenoxy) is 2. The van der Waals surface area contributed by atoms with Gasteiger partial charge in [-0.3, -0.25) is 13.9 Å². The molecule has 0 aliphatic rings. The summed E-state index contributed by atoms with van der Waals surface area (Å²) in [7, 11) is -1.46. The van der Waals surface area contributed by atoms with Gasteiger partial charge in [-0.25, -0.2) is 8.42 Å². The maximum absolute atomic E-state index is 14.2. The second-order valence-corrected chi connectivity index (χ2v) is 12.6. The molecule has 0 heterocycles. The number of benzene rings is 3. The molecule has 0 fully saturated rings. The number of nitrogens with zero attached hydrogens (tertiary/aromatic N) is 2. The van der Waals surface area contributed by atoms with Gasteiger partial charge in [-0.1, -0.05) is 61.3 Å². The molecule has 1 atom stereocenters.